The lowest BCUT2D eigenvalue weighted by molar-refractivity contribution is 0.185. The minimum absolute atomic E-state index is 0.642. The zero-order valence-electron chi connectivity index (χ0n) is 10.9. The lowest BCUT2D eigenvalue weighted by Crippen LogP contribution is -1.99. The van der Waals surface area contributed by atoms with Crippen molar-refractivity contribution in [2.24, 2.45) is 0 Å². The van der Waals surface area contributed by atoms with Crippen molar-refractivity contribution in [3.05, 3.63) is 65.2 Å². The third kappa shape index (κ3) is 3.84. The highest BCUT2D eigenvalue weighted by Gasteiger charge is 1.96. The van der Waals surface area contributed by atoms with Crippen LogP contribution in [0.5, 0.6) is 0 Å². The normalized spacial score (nSPS) is 9.89. The van der Waals surface area contributed by atoms with Gasteiger partial charge in [-0.05, 0) is 35.4 Å². The molecule has 19 heavy (non-hydrogen) atoms. The first kappa shape index (κ1) is 13.1. The van der Waals surface area contributed by atoms with Crippen LogP contribution in [-0.2, 0) is 17.9 Å². The summed E-state index contributed by atoms with van der Waals surface area (Å²) in [5.41, 5.74) is 4.07. The average molecular weight is 252 g/mol. The molecule has 96 valence electrons. The van der Waals surface area contributed by atoms with Gasteiger partial charge in [-0.3, -0.25) is 0 Å². The standard InChI is InChI=1S/C16H16N2O/c1-19-12-15-4-2-14(3-5-15)11-18-16-8-6-13(10-17)7-9-16/h2-9,18H,11-12H2,1H3. The number of benzene rings is 2. The molecule has 2 aromatic rings. The molecule has 0 atom stereocenters. The van der Waals surface area contributed by atoms with Gasteiger partial charge in [-0.1, -0.05) is 24.3 Å². The highest BCUT2D eigenvalue weighted by molar-refractivity contribution is 5.47. The molecule has 2 aromatic carbocycles. The van der Waals surface area contributed by atoms with E-state index in [1.54, 1.807) is 7.11 Å². The van der Waals surface area contributed by atoms with Crippen LogP contribution in [0.3, 0.4) is 0 Å². The maximum atomic E-state index is 8.73. The van der Waals surface area contributed by atoms with Gasteiger partial charge in [0.05, 0.1) is 18.2 Å². The second-order valence-electron chi connectivity index (χ2n) is 4.29. The first-order valence-corrected chi connectivity index (χ1v) is 6.12. The van der Waals surface area contributed by atoms with Gasteiger partial charge in [0.1, 0.15) is 0 Å². The molecule has 0 bridgehead atoms. The van der Waals surface area contributed by atoms with E-state index in [2.05, 4.69) is 35.7 Å². The predicted octanol–water partition coefficient (Wildman–Crippen LogP) is 3.32. The van der Waals surface area contributed by atoms with Crippen molar-refractivity contribution in [1.82, 2.24) is 0 Å². The van der Waals surface area contributed by atoms with Crippen molar-refractivity contribution >= 4 is 5.69 Å². The molecule has 0 amide bonds. The van der Waals surface area contributed by atoms with Gasteiger partial charge in [0.2, 0.25) is 0 Å². The Morgan fingerprint density at radius 2 is 1.63 bits per heavy atom. The van der Waals surface area contributed by atoms with Crippen LogP contribution in [0.4, 0.5) is 5.69 Å². The van der Waals surface area contributed by atoms with Crippen LogP contribution >= 0.6 is 0 Å². The number of ether oxygens (including phenoxy) is 1. The van der Waals surface area contributed by atoms with E-state index in [1.807, 2.05) is 24.3 Å². The van der Waals surface area contributed by atoms with E-state index in [4.69, 9.17) is 10.00 Å². The van der Waals surface area contributed by atoms with Gasteiger partial charge in [-0.25, -0.2) is 0 Å². The molecule has 0 unspecified atom stereocenters. The molecule has 0 spiro atoms. The zero-order chi connectivity index (χ0) is 13.5. The van der Waals surface area contributed by atoms with Crippen LogP contribution in [0.25, 0.3) is 0 Å². The Morgan fingerprint density at radius 3 is 2.21 bits per heavy atom. The first-order chi connectivity index (χ1) is 9.31. The Morgan fingerprint density at radius 1 is 1.00 bits per heavy atom. The van der Waals surface area contributed by atoms with Crippen LogP contribution in [0.1, 0.15) is 16.7 Å². The average Bonchev–Trinajstić information content (AvgIpc) is 2.47. The third-order valence-corrected chi connectivity index (χ3v) is 2.84. The summed E-state index contributed by atoms with van der Waals surface area (Å²) in [4.78, 5) is 0. The molecule has 0 radical (unpaired) electrons. The molecular weight excluding hydrogens is 236 g/mol. The Balaban J connectivity index is 1.92. The molecule has 0 aromatic heterocycles. The van der Waals surface area contributed by atoms with Crippen molar-refractivity contribution in [3.8, 4) is 6.07 Å². The fraction of sp³-hybridized carbons (Fsp3) is 0.188. The van der Waals surface area contributed by atoms with Crippen molar-refractivity contribution < 1.29 is 4.74 Å². The van der Waals surface area contributed by atoms with Crippen molar-refractivity contribution in [2.75, 3.05) is 12.4 Å². The first-order valence-electron chi connectivity index (χ1n) is 6.12. The second kappa shape index (κ2) is 6.58. The number of nitriles is 1. The lowest BCUT2D eigenvalue weighted by atomic mass is 10.1. The van der Waals surface area contributed by atoms with E-state index >= 15 is 0 Å². The Bertz CT molecular complexity index is 553. The summed E-state index contributed by atoms with van der Waals surface area (Å²) in [5.74, 6) is 0. The zero-order valence-corrected chi connectivity index (χ0v) is 10.9. The number of nitrogens with zero attached hydrogens (tertiary/aromatic N) is 1. The smallest absolute Gasteiger partial charge is 0.0991 e. The summed E-state index contributed by atoms with van der Waals surface area (Å²) < 4.78 is 5.08. The summed E-state index contributed by atoms with van der Waals surface area (Å²) in [5, 5.41) is 12.0. The van der Waals surface area contributed by atoms with Gasteiger partial charge >= 0.3 is 0 Å². The van der Waals surface area contributed by atoms with Crippen LogP contribution in [0.2, 0.25) is 0 Å². The van der Waals surface area contributed by atoms with Gasteiger partial charge in [-0.2, -0.15) is 5.26 Å². The third-order valence-electron chi connectivity index (χ3n) is 2.84. The highest BCUT2D eigenvalue weighted by Crippen LogP contribution is 2.11. The number of hydrogen-bond acceptors (Lipinski definition) is 3. The fourth-order valence-corrected chi connectivity index (χ4v) is 1.79. The Hall–Kier alpha value is -2.31. The number of methoxy groups -OCH3 is 1. The predicted molar refractivity (Wildman–Crippen MR) is 75.6 cm³/mol. The summed E-state index contributed by atoms with van der Waals surface area (Å²) in [7, 11) is 1.69. The monoisotopic (exact) mass is 252 g/mol. The van der Waals surface area contributed by atoms with E-state index < -0.39 is 0 Å². The molecule has 0 heterocycles. The summed E-state index contributed by atoms with van der Waals surface area (Å²) >= 11 is 0. The molecule has 0 aliphatic rings. The maximum Gasteiger partial charge on any atom is 0.0991 e. The number of nitrogens with one attached hydrogen (secondary N) is 1. The molecule has 3 heteroatoms. The van der Waals surface area contributed by atoms with E-state index in [-0.39, 0.29) is 0 Å². The Labute approximate surface area is 113 Å². The van der Waals surface area contributed by atoms with Crippen LogP contribution < -0.4 is 5.32 Å². The largest absolute Gasteiger partial charge is 0.381 e. The summed E-state index contributed by atoms with van der Waals surface area (Å²) in [6.07, 6.45) is 0. The minimum atomic E-state index is 0.642. The van der Waals surface area contributed by atoms with Gasteiger partial charge in [0.25, 0.3) is 0 Å². The van der Waals surface area contributed by atoms with Crippen molar-refractivity contribution in [3.63, 3.8) is 0 Å². The van der Waals surface area contributed by atoms with Gasteiger partial charge in [0, 0.05) is 19.3 Å². The van der Waals surface area contributed by atoms with Crippen LogP contribution in [0.15, 0.2) is 48.5 Å². The number of rotatable bonds is 5. The maximum absolute atomic E-state index is 8.73. The fourth-order valence-electron chi connectivity index (χ4n) is 1.79. The van der Waals surface area contributed by atoms with Crippen molar-refractivity contribution in [1.29, 1.82) is 5.26 Å². The van der Waals surface area contributed by atoms with E-state index in [1.165, 1.54) is 11.1 Å². The summed E-state index contributed by atoms with van der Waals surface area (Å²) in [6, 6.07) is 17.9. The van der Waals surface area contributed by atoms with Gasteiger partial charge < -0.3 is 10.1 Å². The summed E-state index contributed by atoms with van der Waals surface area (Å²) in [6.45, 7) is 1.41. The second-order valence-corrected chi connectivity index (χ2v) is 4.29. The molecule has 0 fully saturated rings. The van der Waals surface area contributed by atoms with E-state index in [9.17, 15) is 0 Å². The molecule has 0 aliphatic carbocycles. The SMILES string of the molecule is COCc1ccc(CNc2ccc(C#N)cc2)cc1. The van der Waals surface area contributed by atoms with Crippen molar-refractivity contribution in [2.45, 2.75) is 13.2 Å². The van der Waals surface area contributed by atoms with E-state index in [0.29, 0.717) is 12.2 Å². The number of hydrogen-bond donors (Lipinski definition) is 1. The topological polar surface area (TPSA) is 45.0 Å². The Kier molecular flexibility index (Phi) is 4.54. The molecule has 0 saturated heterocycles. The molecule has 1 N–H and O–H groups in total. The van der Waals surface area contributed by atoms with Gasteiger partial charge in [0.15, 0.2) is 0 Å². The van der Waals surface area contributed by atoms with Crippen LogP contribution in [0, 0.1) is 11.3 Å². The van der Waals surface area contributed by atoms with Crippen LogP contribution in [-0.4, -0.2) is 7.11 Å². The quantitative estimate of drug-likeness (QED) is 0.887. The van der Waals surface area contributed by atoms with E-state index in [0.717, 1.165) is 12.2 Å². The lowest BCUT2D eigenvalue weighted by Gasteiger charge is -2.07. The highest BCUT2D eigenvalue weighted by atomic mass is 16.5. The molecule has 2 rings (SSSR count). The molecule has 0 saturated carbocycles. The number of anilines is 1. The minimum Gasteiger partial charge on any atom is -0.381 e. The van der Waals surface area contributed by atoms with Gasteiger partial charge in [-0.15, -0.1) is 0 Å². The molecule has 0 aliphatic heterocycles. The molecule has 3 nitrogen and oxygen atoms in total. The molecular formula is C16H16N2O.